The van der Waals surface area contributed by atoms with Crippen molar-refractivity contribution in [1.29, 1.82) is 0 Å². The van der Waals surface area contributed by atoms with Gasteiger partial charge in [0, 0.05) is 45.3 Å². The zero-order valence-electron chi connectivity index (χ0n) is 16.3. The summed E-state index contributed by atoms with van der Waals surface area (Å²) in [6.07, 6.45) is 5.34. The number of nitrogens with one attached hydrogen (secondary N) is 1. The topological polar surface area (TPSA) is 65.5 Å². The lowest BCUT2D eigenvalue weighted by atomic mass is 10.1. The molecule has 26 heavy (non-hydrogen) atoms. The number of piperazine rings is 1. The van der Waals surface area contributed by atoms with Gasteiger partial charge in [0.15, 0.2) is 0 Å². The summed E-state index contributed by atoms with van der Waals surface area (Å²) in [5.41, 5.74) is 0.588. The van der Waals surface area contributed by atoms with Crippen LogP contribution in [0.4, 0.5) is 5.82 Å². The minimum Gasteiger partial charge on any atom is -0.353 e. The summed E-state index contributed by atoms with van der Waals surface area (Å²) in [5.74, 6) is 1.52. The van der Waals surface area contributed by atoms with Crippen LogP contribution in [-0.4, -0.2) is 54.4 Å². The number of rotatable bonds is 8. The monoisotopic (exact) mass is 360 g/mol. The first-order valence-corrected chi connectivity index (χ1v) is 9.82. The molecule has 1 aliphatic heterocycles. The summed E-state index contributed by atoms with van der Waals surface area (Å²) in [4.78, 5) is 32.8. The molecule has 1 unspecified atom stereocenters. The maximum absolute atomic E-state index is 12.1. The van der Waals surface area contributed by atoms with Gasteiger partial charge in [-0.3, -0.25) is 9.59 Å². The van der Waals surface area contributed by atoms with Crippen LogP contribution in [0.3, 0.4) is 0 Å². The summed E-state index contributed by atoms with van der Waals surface area (Å²) in [6, 6.07) is 3.72. The number of unbranched alkanes of at least 4 members (excludes halogenated alkanes) is 1. The Balaban J connectivity index is 1.84. The van der Waals surface area contributed by atoms with Crippen LogP contribution in [0.25, 0.3) is 0 Å². The molecule has 1 aromatic rings. The van der Waals surface area contributed by atoms with Crippen molar-refractivity contribution in [2.75, 3.05) is 37.6 Å². The van der Waals surface area contributed by atoms with E-state index in [0.29, 0.717) is 24.4 Å². The minimum atomic E-state index is -0.0734. The normalized spacial score (nSPS) is 15.7. The van der Waals surface area contributed by atoms with Gasteiger partial charge in [-0.1, -0.05) is 33.6 Å². The molecule has 2 amide bonds. The van der Waals surface area contributed by atoms with Crippen LogP contribution in [0, 0.1) is 5.92 Å². The number of hydrogen-bond acceptors (Lipinski definition) is 4. The molecule has 1 atom stereocenters. The number of amides is 2. The molecule has 0 radical (unpaired) electrons. The molecule has 6 heteroatoms. The third kappa shape index (κ3) is 5.71. The molecule has 0 saturated carbocycles. The molecule has 1 fully saturated rings. The number of anilines is 1. The zero-order chi connectivity index (χ0) is 18.9. The van der Waals surface area contributed by atoms with E-state index in [2.05, 4.69) is 36.0 Å². The van der Waals surface area contributed by atoms with E-state index in [4.69, 9.17) is 0 Å². The Hall–Kier alpha value is -2.11. The lowest BCUT2D eigenvalue weighted by Crippen LogP contribution is -2.49. The largest absolute Gasteiger partial charge is 0.353 e. The van der Waals surface area contributed by atoms with Crippen LogP contribution in [0.5, 0.6) is 0 Å². The SMILES string of the molecule is CCCCC(=O)N1CCN(c2ccc(C(=O)NCC(C)CC)cn2)CC1. The Labute approximate surface area is 157 Å². The van der Waals surface area contributed by atoms with Gasteiger partial charge in [-0.25, -0.2) is 4.98 Å². The molecule has 1 saturated heterocycles. The summed E-state index contributed by atoms with van der Waals surface area (Å²) >= 11 is 0. The zero-order valence-corrected chi connectivity index (χ0v) is 16.3. The molecule has 6 nitrogen and oxygen atoms in total. The summed E-state index contributed by atoms with van der Waals surface area (Å²) in [5, 5.41) is 2.95. The van der Waals surface area contributed by atoms with Gasteiger partial charge in [0.1, 0.15) is 5.82 Å². The number of pyridine rings is 1. The number of nitrogens with zero attached hydrogens (tertiary/aromatic N) is 3. The molecule has 1 aliphatic rings. The summed E-state index contributed by atoms with van der Waals surface area (Å²) in [6.45, 7) is 10.1. The van der Waals surface area contributed by atoms with E-state index in [1.54, 1.807) is 6.20 Å². The maximum atomic E-state index is 12.1. The predicted octanol–water partition coefficient (Wildman–Crippen LogP) is 2.70. The smallest absolute Gasteiger partial charge is 0.252 e. The van der Waals surface area contributed by atoms with Gasteiger partial charge >= 0.3 is 0 Å². The van der Waals surface area contributed by atoms with E-state index in [-0.39, 0.29) is 11.8 Å². The first kappa shape index (κ1) is 20.2. The van der Waals surface area contributed by atoms with Crippen molar-refractivity contribution < 1.29 is 9.59 Å². The van der Waals surface area contributed by atoms with E-state index in [1.807, 2.05) is 17.0 Å². The lowest BCUT2D eigenvalue weighted by molar-refractivity contribution is -0.131. The van der Waals surface area contributed by atoms with Crippen LogP contribution in [0.1, 0.15) is 56.8 Å². The standard InChI is InChI=1S/C20H32N4O2/c1-4-6-7-19(25)24-12-10-23(11-13-24)18-9-8-17(15-21-18)20(26)22-14-16(3)5-2/h8-9,15-16H,4-7,10-14H2,1-3H3,(H,22,26). The molecular formula is C20H32N4O2. The van der Waals surface area contributed by atoms with E-state index in [0.717, 1.165) is 51.3 Å². The van der Waals surface area contributed by atoms with Gasteiger partial charge in [-0.15, -0.1) is 0 Å². The van der Waals surface area contributed by atoms with Gasteiger partial charge in [-0.05, 0) is 24.5 Å². The number of carbonyl (C=O) groups excluding carboxylic acids is 2. The maximum Gasteiger partial charge on any atom is 0.252 e. The second-order valence-electron chi connectivity index (χ2n) is 7.10. The molecule has 1 aromatic heterocycles. The third-order valence-electron chi connectivity index (χ3n) is 5.02. The highest BCUT2D eigenvalue weighted by Crippen LogP contribution is 2.15. The van der Waals surface area contributed by atoms with Crippen molar-refractivity contribution in [3.63, 3.8) is 0 Å². The third-order valence-corrected chi connectivity index (χ3v) is 5.02. The van der Waals surface area contributed by atoms with E-state index in [1.165, 1.54) is 0 Å². The van der Waals surface area contributed by atoms with Crippen LogP contribution in [0.15, 0.2) is 18.3 Å². The first-order chi connectivity index (χ1) is 12.5. The molecular weight excluding hydrogens is 328 g/mol. The highest BCUT2D eigenvalue weighted by molar-refractivity contribution is 5.94. The van der Waals surface area contributed by atoms with Gasteiger partial charge in [-0.2, -0.15) is 0 Å². The van der Waals surface area contributed by atoms with E-state index >= 15 is 0 Å². The molecule has 0 spiro atoms. The average Bonchev–Trinajstić information content (AvgIpc) is 2.70. The molecule has 1 N–H and O–H groups in total. The Morgan fingerprint density at radius 2 is 1.92 bits per heavy atom. The fourth-order valence-electron chi connectivity index (χ4n) is 2.89. The number of carbonyl (C=O) groups is 2. The van der Waals surface area contributed by atoms with Gasteiger partial charge in [0.05, 0.1) is 5.56 Å². The lowest BCUT2D eigenvalue weighted by Gasteiger charge is -2.35. The molecule has 0 aromatic carbocycles. The van der Waals surface area contributed by atoms with Crippen molar-refractivity contribution in [3.8, 4) is 0 Å². The fraction of sp³-hybridized carbons (Fsp3) is 0.650. The van der Waals surface area contributed by atoms with Crippen molar-refractivity contribution in [2.24, 2.45) is 5.92 Å². The van der Waals surface area contributed by atoms with E-state index in [9.17, 15) is 9.59 Å². The van der Waals surface area contributed by atoms with Gasteiger partial charge in [0.25, 0.3) is 5.91 Å². The Morgan fingerprint density at radius 3 is 2.50 bits per heavy atom. The quantitative estimate of drug-likeness (QED) is 0.774. The van der Waals surface area contributed by atoms with Crippen LogP contribution < -0.4 is 10.2 Å². The fourth-order valence-corrected chi connectivity index (χ4v) is 2.89. The van der Waals surface area contributed by atoms with Crippen molar-refractivity contribution in [3.05, 3.63) is 23.9 Å². The van der Waals surface area contributed by atoms with Crippen molar-refractivity contribution in [1.82, 2.24) is 15.2 Å². The van der Waals surface area contributed by atoms with Crippen molar-refractivity contribution in [2.45, 2.75) is 46.5 Å². The predicted molar refractivity (Wildman–Crippen MR) is 104 cm³/mol. The van der Waals surface area contributed by atoms with Gasteiger partial charge < -0.3 is 15.1 Å². The molecule has 144 valence electrons. The summed E-state index contributed by atoms with van der Waals surface area (Å²) < 4.78 is 0. The number of hydrogen-bond donors (Lipinski definition) is 1. The van der Waals surface area contributed by atoms with E-state index < -0.39 is 0 Å². The van der Waals surface area contributed by atoms with Crippen LogP contribution in [0.2, 0.25) is 0 Å². The Morgan fingerprint density at radius 1 is 1.19 bits per heavy atom. The summed E-state index contributed by atoms with van der Waals surface area (Å²) in [7, 11) is 0. The highest BCUT2D eigenvalue weighted by Gasteiger charge is 2.21. The second-order valence-corrected chi connectivity index (χ2v) is 7.10. The highest BCUT2D eigenvalue weighted by atomic mass is 16.2. The van der Waals surface area contributed by atoms with Gasteiger partial charge in [0.2, 0.25) is 5.91 Å². The molecule has 2 rings (SSSR count). The Bertz CT molecular complexity index is 580. The van der Waals surface area contributed by atoms with Crippen LogP contribution >= 0.6 is 0 Å². The Kier molecular flexibility index (Phi) is 7.88. The number of aromatic nitrogens is 1. The van der Waals surface area contributed by atoms with Crippen molar-refractivity contribution >= 4 is 17.6 Å². The molecule has 0 aliphatic carbocycles. The van der Waals surface area contributed by atoms with Crippen LogP contribution in [-0.2, 0) is 4.79 Å². The first-order valence-electron chi connectivity index (χ1n) is 9.82. The average molecular weight is 361 g/mol. The second kappa shape index (κ2) is 10.1. The minimum absolute atomic E-state index is 0.0734. The molecule has 0 bridgehead atoms. The molecule has 2 heterocycles.